The Bertz CT molecular complexity index is 935. The third-order valence-corrected chi connectivity index (χ3v) is 4.21. The molecule has 0 aliphatic carbocycles. The third kappa shape index (κ3) is 2.18. The number of aromatic hydroxyl groups is 3. The zero-order valence-electron chi connectivity index (χ0n) is 12.6. The average Bonchev–Trinajstić information content (AvgIpc) is 2.56. The molecule has 1 unspecified atom stereocenters. The van der Waals surface area contributed by atoms with Crippen molar-refractivity contribution in [3.63, 3.8) is 0 Å². The van der Waals surface area contributed by atoms with E-state index < -0.39 is 0 Å². The number of hydrogen-bond acceptors (Lipinski definition) is 5. The van der Waals surface area contributed by atoms with E-state index in [1.807, 2.05) is 12.1 Å². The zero-order chi connectivity index (χ0) is 16.8. The van der Waals surface area contributed by atoms with Gasteiger partial charge in [-0.1, -0.05) is 12.1 Å². The van der Waals surface area contributed by atoms with Gasteiger partial charge in [0.25, 0.3) is 0 Å². The lowest BCUT2D eigenvalue weighted by Crippen LogP contribution is -2.11. The zero-order valence-corrected chi connectivity index (χ0v) is 12.6. The third-order valence-electron chi connectivity index (χ3n) is 4.21. The van der Waals surface area contributed by atoms with Gasteiger partial charge in [0.15, 0.2) is 11.5 Å². The van der Waals surface area contributed by atoms with Gasteiger partial charge in [0.1, 0.15) is 17.2 Å². The van der Waals surface area contributed by atoms with Gasteiger partial charge in [-0.25, -0.2) is 0 Å². The molecule has 0 fully saturated rings. The Hall–Kier alpha value is -3.34. The second-order valence-electron chi connectivity index (χ2n) is 5.80. The van der Waals surface area contributed by atoms with Crippen molar-refractivity contribution in [1.29, 1.82) is 0 Å². The van der Waals surface area contributed by atoms with E-state index in [1.165, 1.54) is 12.1 Å². The Morgan fingerprint density at radius 2 is 1.42 bits per heavy atom. The molecule has 0 saturated carbocycles. The molecule has 1 atom stereocenters. The summed E-state index contributed by atoms with van der Waals surface area (Å²) in [6.45, 7) is 0. The van der Waals surface area contributed by atoms with Crippen LogP contribution in [0.3, 0.4) is 0 Å². The minimum Gasteiger partial charge on any atom is -0.508 e. The van der Waals surface area contributed by atoms with Crippen LogP contribution in [0.25, 0.3) is 0 Å². The molecule has 3 aromatic rings. The minimum absolute atomic E-state index is 0.129. The van der Waals surface area contributed by atoms with Crippen molar-refractivity contribution in [1.82, 2.24) is 0 Å². The molecule has 1 aliphatic heterocycles. The highest BCUT2D eigenvalue weighted by Crippen LogP contribution is 2.50. The predicted octanol–water partition coefficient (Wildman–Crippen LogP) is 3.67. The van der Waals surface area contributed by atoms with E-state index in [2.05, 4.69) is 0 Å². The summed E-state index contributed by atoms with van der Waals surface area (Å²) in [5.41, 5.74) is 8.84. The first-order valence-electron chi connectivity index (χ1n) is 7.45. The summed E-state index contributed by atoms with van der Waals surface area (Å²) in [5.74, 6) is 0.457. The van der Waals surface area contributed by atoms with Crippen molar-refractivity contribution in [3.05, 3.63) is 71.3 Å². The second-order valence-corrected chi connectivity index (χ2v) is 5.80. The number of ether oxygens (including phenoxy) is 1. The van der Waals surface area contributed by atoms with Crippen molar-refractivity contribution >= 4 is 5.69 Å². The molecule has 5 N–H and O–H groups in total. The average molecular weight is 321 g/mol. The molecular weight excluding hydrogens is 306 g/mol. The van der Waals surface area contributed by atoms with Crippen LogP contribution in [0.2, 0.25) is 0 Å². The number of anilines is 1. The van der Waals surface area contributed by atoms with Gasteiger partial charge < -0.3 is 25.8 Å². The molecule has 0 amide bonds. The van der Waals surface area contributed by atoms with E-state index in [1.54, 1.807) is 30.3 Å². The van der Waals surface area contributed by atoms with Crippen LogP contribution in [0.15, 0.2) is 54.6 Å². The van der Waals surface area contributed by atoms with Gasteiger partial charge in [0, 0.05) is 28.8 Å². The molecule has 120 valence electrons. The number of phenolic OH excluding ortho intramolecular Hbond substituents is 3. The highest BCUT2D eigenvalue weighted by molar-refractivity contribution is 5.63. The maximum Gasteiger partial charge on any atom is 0.161 e. The number of fused-ring (bicyclic) bond motifs is 2. The van der Waals surface area contributed by atoms with Crippen molar-refractivity contribution in [2.75, 3.05) is 5.73 Å². The summed E-state index contributed by atoms with van der Waals surface area (Å²) in [4.78, 5) is 0. The Labute approximate surface area is 138 Å². The number of hydrogen-bond donors (Lipinski definition) is 4. The summed E-state index contributed by atoms with van der Waals surface area (Å²) >= 11 is 0. The van der Waals surface area contributed by atoms with E-state index in [0.29, 0.717) is 22.7 Å². The summed E-state index contributed by atoms with van der Waals surface area (Å²) < 4.78 is 5.84. The van der Waals surface area contributed by atoms with Gasteiger partial charge in [-0.3, -0.25) is 0 Å². The maximum atomic E-state index is 9.91. The first-order chi connectivity index (χ1) is 11.5. The smallest absolute Gasteiger partial charge is 0.161 e. The van der Waals surface area contributed by atoms with Crippen LogP contribution in [-0.4, -0.2) is 15.3 Å². The molecule has 0 bridgehead atoms. The van der Waals surface area contributed by atoms with Gasteiger partial charge in [0.05, 0.1) is 0 Å². The van der Waals surface area contributed by atoms with Gasteiger partial charge in [-0.05, 0) is 42.0 Å². The number of phenols is 3. The molecule has 5 nitrogen and oxygen atoms in total. The highest BCUT2D eigenvalue weighted by atomic mass is 16.5. The van der Waals surface area contributed by atoms with Crippen LogP contribution < -0.4 is 10.5 Å². The maximum absolute atomic E-state index is 9.91. The molecule has 24 heavy (non-hydrogen) atoms. The quantitative estimate of drug-likeness (QED) is 0.317. The first-order valence-corrected chi connectivity index (χ1v) is 7.45. The molecule has 0 radical (unpaired) electrons. The van der Waals surface area contributed by atoms with E-state index >= 15 is 0 Å². The van der Waals surface area contributed by atoms with Crippen molar-refractivity contribution in [2.24, 2.45) is 0 Å². The summed E-state index contributed by atoms with van der Waals surface area (Å²) in [5, 5.41) is 29.6. The lowest BCUT2D eigenvalue weighted by molar-refractivity contribution is 0.392. The van der Waals surface area contributed by atoms with Crippen molar-refractivity contribution in [3.8, 4) is 28.7 Å². The predicted molar refractivity (Wildman–Crippen MR) is 89.8 cm³/mol. The number of benzene rings is 3. The molecule has 3 aromatic carbocycles. The lowest BCUT2D eigenvalue weighted by atomic mass is 9.82. The fourth-order valence-corrected chi connectivity index (χ4v) is 3.08. The Morgan fingerprint density at radius 1 is 0.750 bits per heavy atom. The van der Waals surface area contributed by atoms with Gasteiger partial charge >= 0.3 is 0 Å². The van der Waals surface area contributed by atoms with Gasteiger partial charge in [0.2, 0.25) is 0 Å². The Kier molecular flexibility index (Phi) is 3.03. The molecule has 0 aromatic heterocycles. The van der Waals surface area contributed by atoms with Crippen LogP contribution in [0.4, 0.5) is 5.69 Å². The Balaban J connectivity index is 1.98. The summed E-state index contributed by atoms with van der Waals surface area (Å²) in [6, 6.07) is 15.1. The normalized spacial score (nSPS) is 15.2. The van der Waals surface area contributed by atoms with Crippen molar-refractivity contribution in [2.45, 2.75) is 5.92 Å². The Morgan fingerprint density at radius 3 is 2.17 bits per heavy atom. The molecule has 1 aliphatic rings. The van der Waals surface area contributed by atoms with E-state index in [9.17, 15) is 15.3 Å². The fourth-order valence-electron chi connectivity index (χ4n) is 3.08. The van der Waals surface area contributed by atoms with Crippen LogP contribution in [0.5, 0.6) is 28.7 Å². The minimum atomic E-state index is -0.261. The van der Waals surface area contributed by atoms with Crippen LogP contribution in [-0.2, 0) is 0 Å². The lowest BCUT2D eigenvalue weighted by Gasteiger charge is -2.29. The molecule has 0 saturated heterocycles. The molecular formula is C19H15NO4. The van der Waals surface area contributed by atoms with Gasteiger partial charge in [-0.15, -0.1) is 0 Å². The number of nitrogen functional groups attached to an aromatic ring is 1. The largest absolute Gasteiger partial charge is 0.508 e. The van der Waals surface area contributed by atoms with E-state index in [-0.39, 0.29) is 23.2 Å². The van der Waals surface area contributed by atoms with Crippen LogP contribution in [0, 0.1) is 0 Å². The molecule has 0 spiro atoms. The molecule has 5 heteroatoms. The number of rotatable bonds is 1. The van der Waals surface area contributed by atoms with Crippen LogP contribution in [0.1, 0.15) is 22.6 Å². The van der Waals surface area contributed by atoms with Gasteiger partial charge in [-0.2, -0.15) is 0 Å². The standard InChI is InChI=1S/C19H15NO4/c20-11-3-1-10(2-4-11)19-13-7-12(21)5-6-17(13)24-18-9-16(23)15(22)8-14(18)19/h1-9,19,21-23H,20H2. The van der Waals surface area contributed by atoms with Crippen molar-refractivity contribution < 1.29 is 20.1 Å². The molecule has 1 heterocycles. The highest BCUT2D eigenvalue weighted by Gasteiger charge is 2.30. The number of nitrogens with two attached hydrogens (primary N) is 1. The van der Waals surface area contributed by atoms with Crippen LogP contribution >= 0.6 is 0 Å². The van der Waals surface area contributed by atoms with E-state index in [4.69, 9.17) is 10.5 Å². The monoisotopic (exact) mass is 321 g/mol. The first kappa shape index (κ1) is 14.3. The second kappa shape index (κ2) is 5.09. The topological polar surface area (TPSA) is 95.9 Å². The van der Waals surface area contributed by atoms with E-state index in [0.717, 1.165) is 11.1 Å². The summed E-state index contributed by atoms with van der Waals surface area (Å²) in [7, 11) is 0. The SMILES string of the molecule is Nc1ccc(C2c3cc(O)ccc3Oc3cc(O)c(O)cc32)cc1. The summed E-state index contributed by atoms with van der Waals surface area (Å²) in [6.07, 6.45) is 0. The fraction of sp³-hybridized carbons (Fsp3) is 0.0526. The molecule has 4 rings (SSSR count).